The van der Waals surface area contributed by atoms with Gasteiger partial charge in [0.05, 0.1) is 12.3 Å². The number of carbonyl (C=O) groups is 1. The number of amides is 1. The van der Waals surface area contributed by atoms with Gasteiger partial charge in [-0.05, 0) is 31.2 Å². The molecule has 5 nitrogen and oxygen atoms in total. The monoisotopic (exact) mass is 352 g/mol. The highest BCUT2D eigenvalue weighted by molar-refractivity contribution is 7.13. The second-order valence-electron chi connectivity index (χ2n) is 5.79. The Bertz CT molecular complexity index is 983. The number of furan rings is 2. The molecule has 0 radical (unpaired) electrons. The first kappa shape index (κ1) is 15.7. The van der Waals surface area contributed by atoms with E-state index in [1.807, 2.05) is 43.3 Å². The zero-order valence-electron chi connectivity index (χ0n) is 13.8. The summed E-state index contributed by atoms with van der Waals surface area (Å²) in [6.45, 7) is 1.94. The molecule has 3 aromatic heterocycles. The third kappa shape index (κ3) is 2.85. The molecule has 0 N–H and O–H groups in total. The molecule has 0 aliphatic rings. The average Bonchev–Trinajstić information content (AvgIpc) is 3.38. The van der Waals surface area contributed by atoms with E-state index in [9.17, 15) is 4.79 Å². The van der Waals surface area contributed by atoms with E-state index in [1.54, 1.807) is 29.7 Å². The van der Waals surface area contributed by atoms with E-state index in [0.717, 1.165) is 16.7 Å². The molecule has 6 heteroatoms. The second-order valence-corrected chi connectivity index (χ2v) is 6.65. The Morgan fingerprint density at radius 2 is 2.08 bits per heavy atom. The van der Waals surface area contributed by atoms with Crippen LogP contribution in [0.5, 0.6) is 0 Å². The van der Waals surface area contributed by atoms with Gasteiger partial charge in [0.2, 0.25) is 0 Å². The van der Waals surface area contributed by atoms with Crippen LogP contribution in [0.1, 0.15) is 29.2 Å². The Kier molecular flexibility index (Phi) is 3.89. The molecular weight excluding hydrogens is 336 g/mol. The van der Waals surface area contributed by atoms with Gasteiger partial charge in [-0.1, -0.05) is 18.2 Å². The van der Waals surface area contributed by atoms with Crippen molar-refractivity contribution in [1.82, 2.24) is 9.88 Å². The number of thiazole rings is 1. The predicted octanol–water partition coefficient (Wildman–Crippen LogP) is 4.98. The quantitative estimate of drug-likeness (QED) is 0.519. The van der Waals surface area contributed by atoms with E-state index in [-0.39, 0.29) is 11.9 Å². The van der Waals surface area contributed by atoms with E-state index in [4.69, 9.17) is 8.83 Å². The molecule has 0 bridgehead atoms. The second kappa shape index (κ2) is 6.22. The standard InChI is InChI=1S/C19H16N2O3S/c1-12(17-10-13-6-3-4-7-15(13)24-17)21(2)19(22)14-11-25-18(20-14)16-8-5-9-23-16/h3-12H,1-2H3/t12-/m0/s1. The van der Waals surface area contributed by atoms with Gasteiger partial charge in [0, 0.05) is 17.8 Å². The maximum Gasteiger partial charge on any atom is 0.273 e. The van der Waals surface area contributed by atoms with Crippen LogP contribution in [-0.4, -0.2) is 22.8 Å². The van der Waals surface area contributed by atoms with Crippen LogP contribution in [0, 0.1) is 0 Å². The Balaban J connectivity index is 1.57. The SMILES string of the molecule is C[C@@H](c1cc2ccccc2o1)N(C)C(=O)c1csc(-c2ccco2)n1. The van der Waals surface area contributed by atoms with Crippen molar-refractivity contribution in [3.63, 3.8) is 0 Å². The molecule has 1 atom stereocenters. The largest absolute Gasteiger partial charge is 0.462 e. The number of nitrogens with zero attached hydrogens (tertiary/aromatic N) is 2. The number of hydrogen-bond acceptors (Lipinski definition) is 5. The minimum absolute atomic E-state index is 0.151. The molecule has 4 aromatic rings. The summed E-state index contributed by atoms with van der Waals surface area (Å²) in [5, 5.41) is 3.47. The molecule has 0 saturated carbocycles. The normalized spacial score (nSPS) is 12.4. The molecule has 1 amide bonds. The van der Waals surface area contributed by atoms with Crippen molar-refractivity contribution in [1.29, 1.82) is 0 Å². The van der Waals surface area contributed by atoms with Gasteiger partial charge in [0.15, 0.2) is 10.8 Å². The van der Waals surface area contributed by atoms with Gasteiger partial charge >= 0.3 is 0 Å². The van der Waals surface area contributed by atoms with Crippen molar-refractivity contribution >= 4 is 28.2 Å². The zero-order valence-corrected chi connectivity index (χ0v) is 14.6. The molecule has 1 aromatic carbocycles. The molecule has 4 rings (SSSR count). The molecule has 0 unspecified atom stereocenters. The van der Waals surface area contributed by atoms with Crippen molar-refractivity contribution < 1.29 is 13.6 Å². The van der Waals surface area contributed by atoms with Crippen LogP contribution in [0.2, 0.25) is 0 Å². The van der Waals surface area contributed by atoms with Gasteiger partial charge < -0.3 is 13.7 Å². The zero-order chi connectivity index (χ0) is 17.4. The maximum absolute atomic E-state index is 12.8. The Hall–Kier alpha value is -2.86. The molecule has 0 aliphatic heterocycles. The predicted molar refractivity (Wildman–Crippen MR) is 96.5 cm³/mol. The van der Waals surface area contributed by atoms with Gasteiger partial charge in [-0.15, -0.1) is 11.3 Å². The third-order valence-electron chi connectivity index (χ3n) is 4.21. The Morgan fingerprint density at radius 1 is 1.24 bits per heavy atom. The lowest BCUT2D eigenvalue weighted by molar-refractivity contribution is 0.0722. The number of carbonyl (C=O) groups excluding carboxylic acids is 1. The molecule has 126 valence electrons. The summed E-state index contributed by atoms with van der Waals surface area (Å²) in [6, 6.07) is 13.2. The lowest BCUT2D eigenvalue weighted by Crippen LogP contribution is -2.29. The summed E-state index contributed by atoms with van der Waals surface area (Å²) in [4.78, 5) is 18.8. The molecule has 25 heavy (non-hydrogen) atoms. The molecule has 0 aliphatic carbocycles. The number of fused-ring (bicyclic) bond motifs is 1. The van der Waals surface area contributed by atoms with Gasteiger partial charge in [0.25, 0.3) is 5.91 Å². The third-order valence-corrected chi connectivity index (χ3v) is 5.07. The molecule has 3 heterocycles. The van der Waals surface area contributed by atoms with Gasteiger partial charge in [-0.3, -0.25) is 4.79 Å². The Labute approximate surface area is 148 Å². The molecule has 0 spiro atoms. The first-order valence-corrected chi connectivity index (χ1v) is 8.76. The van der Waals surface area contributed by atoms with E-state index in [0.29, 0.717) is 16.5 Å². The van der Waals surface area contributed by atoms with Crippen molar-refractivity contribution in [3.05, 3.63) is 65.6 Å². The summed E-state index contributed by atoms with van der Waals surface area (Å²) in [7, 11) is 1.76. The smallest absolute Gasteiger partial charge is 0.273 e. The molecular formula is C19H16N2O3S. The summed E-state index contributed by atoms with van der Waals surface area (Å²) >= 11 is 1.39. The molecule has 0 fully saturated rings. The van der Waals surface area contributed by atoms with Crippen molar-refractivity contribution in [2.24, 2.45) is 0 Å². The van der Waals surface area contributed by atoms with E-state index < -0.39 is 0 Å². The number of para-hydroxylation sites is 1. The highest BCUT2D eigenvalue weighted by Crippen LogP contribution is 2.29. The first-order chi connectivity index (χ1) is 12.1. The highest BCUT2D eigenvalue weighted by Gasteiger charge is 2.24. The van der Waals surface area contributed by atoms with Gasteiger partial charge in [0.1, 0.15) is 17.0 Å². The fourth-order valence-electron chi connectivity index (χ4n) is 2.64. The van der Waals surface area contributed by atoms with Gasteiger partial charge in [-0.2, -0.15) is 0 Å². The van der Waals surface area contributed by atoms with Crippen LogP contribution < -0.4 is 0 Å². The van der Waals surface area contributed by atoms with Crippen LogP contribution in [0.3, 0.4) is 0 Å². The van der Waals surface area contributed by atoms with Crippen molar-refractivity contribution in [2.45, 2.75) is 13.0 Å². The fourth-order valence-corrected chi connectivity index (χ4v) is 3.40. The maximum atomic E-state index is 12.8. The van der Waals surface area contributed by atoms with Crippen LogP contribution in [0.4, 0.5) is 0 Å². The Morgan fingerprint density at radius 3 is 2.84 bits per heavy atom. The molecule has 0 saturated heterocycles. The van der Waals surface area contributed by atoms with E-state index >= 15 is 0 Å². The first-order valence-electron chi connectivity index (χ1n) is 7.88. The van der Waals surface area contributed by atoms with Gasteiger partial charge in [-0.25, -0.2) is 4.98 Å². The number of hydrogen-bond donors (Lipinski definition) is 0. The average molecular weight is 352 g/mol. The summed E-state index contributed by atoms with van der Waals surface area (Å²) in [5.41, 5.74) is 1.22. The van der Waals surface area contributed by atoms with Crippen LogP contribution >= 0.6 is 11.3 Å². The van der Waals surface area contributed by atoms with Crippen LogP contribution in [0.15, 0.2) is 62.9 Å². The summed E-state index contributed by atoms with van der Waals surface area (Å²) < 4.78 is 11.2. The lowest BCUT2D eigenvalue weighted by atomic mass is 10.2. The summed E-state index contributed by atoms with van der Waals surface area (Å²) in [6.07, 6.45) is 1.59. The van der Waals surface area contributed by atoms with Crippen LogP contribution in [0.25, 0.3) is 21.7 Å². The van der Waals surface area contributed by atoms with E-state index in [2.05, 4.69) is 4.98 Å². The fraction of sp³-hybridized carbons (Fsp3) is 0.158. The minimum atomic E-state index is -0.200. The van der Waals surface area contributed by atoms with Crippen LogP contribution in [-0.2, 0) is 0 Å². The lowest BCUT2D eigenvalue weighted by Gasteiger charge is -2.22. The van der Waals surface area contributed by atoms with Crippen molar-refractivity contribution in [2.75, 3.05) is 7.05 Å². The highest BCUT2D eigenvalue weighted by atomic mass is 32.1. The number of benzene rings is 1. The minimum Gasteiger partial charge on any atom is -0.462 e. The van der Waals surface area contributed by atoms with E-state index in [1.165, 1.54) is 11.3 Å². The topological polar surface area (TPSA) is 59.5 Å². The number of rotatable bonds is 4. The van der Waals surface area contributed by atoms with Crippen molar-refractivity contribution in [3.8, 4) is 10.8 Å². The number of aromatic nitrogens is 1. The summed E-state index contributed by atoms with van der Waals surface area (Å²) in [5.74, 6) is 1.26.